The smallest absolute Gasteiger partial charge is 0.317 e. The van der Waals surface area contributed by atoms with E-state index in [1.165, 1.54) is 0 Å². The Labute approximate surface area is 95.4 Å². The summed E-state index contributed by atoms with van der Waals surface area (Å²) in [6, 6.07) is 7.81. The molecule has 1 heterocycles. The van der Waals surface area contributed by atoms with Crippen molar-refractivity contribution in [2.75, 3.05) is 25.9 Å². The van der Waals surface area contributed by atoms with Gasteiger partial charge in [0.05, 0.1) is 0 Å². The molecule has 1 saturated heterocycles. The summed E-state index contributed by atoms with van der Waals surface area (Å²) in [6.07, 6.45) is 0. The third-order valence-corrected chi connectivity index (χ3v) is 3.17. The van der Waals surface area contributed by atoms with E-state index in [-0.39, 0.29) is 11.4 Å². The number of nitrogens with one attached hydrogen (secondary N) is 1. The van der Waals surface area contributed by atoms with Crippen LogP contribution in [-0.2, 0) is 5.41 Å². The first kappa shape index (κ1) is 10.8. The minimum atomic E-state index is -0.117. The van der Waals surface area contributed by atoms with Gasteiger partial charge in [-0.1, -0.05) is 25.1 Å². The second kappa shape index (κ2) is 3.70. The first-order chi connectivity index (χ1) is 7.53. The minimum Gasteiger partial charge on any atom is -0.398 e. The topological polar surface area (TPSA) is 58.4 Å². The molecule has 1 aromatic rings. The zero-order valence-corrected chi connectivity index (χ0v) is 9.66. The molecule has 86 valence electrons. The maximum absolute atomic E-state index is 11.4. The van der Waals surface area contributed by atoms with E-state index in [0.717, 1.165) is 11.3 Å². The Bertz CT molecular complexity index is 418. The van der Waals surface area contributed by atoms with Crippen LogP contribution >= 0.6 is 0 Å². The maximum Gasteiger partial charge on any atom is 0.317 e. The Hall–Kier alpha value is -1.71. The van der Waals surface area contributed by atoms with Gasteiger partial charge in [-0.3, -0.25) is 0 Å². The highest BCUT2D eigenvalue weighted by molar-refractivity contribution is 5.75. The number of amides is 2. The molecule has 3 N–H and O–H groups in total. The van der Waals surface area contributed by atoms with Crippen LogP contribution in [0.15, 0.2) is 24.3 Å². The molecular formula is C12H17N3O. The lowest BCUT2D eigenvalue weighted by molar-refractivity contribution is 0.174. The molecule has 16 heavy (non-hydrogen) atoms. The molecule has 0 aliphatic carbocycles. The normalized spacial score (nSPS) is 25.4. The van der Waals surface area contributed by atoms with E-state index < -0.39 is 0 Å². The molecule has 4 nitrogen and oxygen atoms in total. The van der Waals surface area contributed by atoms with Crippen LogP contribution in [0.4, 0.5) is 10.5 Å². The number of nitrogens with zero attached hydrogens (tertiary/aromatic N) is 1. The molecule has 0 radical (unpaired) electrons. The molecule has 1 aromatic carbocycles. The molecular weight excluding hydrogens is 202 g/mol. The molecule has 4 heteroatoms. The highest BCUT2D eigenvalue weighted by Gasteiger charge is 2.35. The molecule has 1 unspecified atom stereocenters. The fourth-order valence-corrected chi connectivity index (χ4v) is 2.28. The lowest BCUT2D eigenvalue weighted by atomic mass is 9.80. The molecule has 2 amide bonds. The Morgan fingerprint density at radius 3 is 2.75 bits per heavy atom. The number of carbonyl (C=O) groups excluding carboxylic acids is 1. The van der Waals surface area contributed by atoms with Crippen molar-refractivity contribution in [1.82, 2.24) is 10.2 Å². The van der Waals surface area contributed by atoms with Gasteiger partial charge in [-0.25, -0.2) is 4.79 Å². The maximum atomic E-state index is 11.4. The van der Waals surface area contributed by atoms with Gasteiger partial charge in [0.15, 0.2) is 0 Å². The Morgan fingerprint density at radius 1 is 1.44 bits per heavy atom. The SMILES string of the molecule is CN1CC(C)(c2ccccc2N)CNC1=O. The standard InChI is InChI=1S/C12H17N3O/c1-12(7-14-11(16)15(2)8-12)9-5-3-4-6-10(9)13/h3-6H,7-8,13H2,1-2H3,(H,14,16). The van der Waals surface area contributed by atoms with Gasteiger partial charge in [-0.15, -0.1) is 0 Å². The number of rotatable bonds is 1. The molecule has 1 atom stereocenters. The van der Waals surface area contributed by atoms with Gasteiger partial charge in [-0.05, 0) is 11.6 Å². The monoisotopic (exact) mass is 219 g/mol. The van der Waals surface area contributed by atoms with Gasteiger partial charge < -0.3 is 16.0 Å². The number of carbonyl (C=O) groups is 1. The average Bonchev–Trinajstić information content (AvgIpc) is 2.25. The van der Waals surface area contributed by atoms with E-state index in [9.17, 15) is 4.79 Å². The van der Waals surface area contributed by atoms with Crippen LogP contribution in [0.25, 0.3) is 0 Å². The van der Waals surface area contributed by atoms with E-state index in [2.05, 4.69) is 12.2 Å². The summed E-state index contributed by atoms with van der Waals surface area (Å²) in [5, 5.41) is 2.88. The van der Waals surface area contributed by atoms with Gasteiger partial charge >= 0.3 is 6.03 Å². The molecule has 1 aliphatic rings. The van der Waals surface area contributed by atoms with Gasteiger partial charge in [0.1, 0.15) is 0 Å². The predicted octanol–water partition coefficient (Wildman–Crippen LogP) is 1.18. The van der Waals surface area contributed by atoms with E-state index in [1.807, 2.05) is 24.3 Å². The van der Waals surface area contributed by atoms with Crippen LogP contribution in [-0.4, -0.2) is 31.1 Å². The largest absolute Gasteiger partial charge is 0.398 e. The third-order valence-electron chi connectivity index (χ3n) is 3.17. The van der Waals surface area contributed by atoms with Crippen molar-refractivity contribution in [2.45, 2.75) is 12.3 Å². The summed E-state index contributed by atoms with van der Waals surface area (Å²) < 4.78 is 0. The Morgan fingerprint density at radius 2 is 2.12 bits per heavy atom. The average molecular weight is 219 g/mol. The number of likely N-dealkylation sites (N-methyl/N-ethyl adjacent to an activating group) is 1. The van der Waals surface area contributed by atoms with Crippen LogP contribution in [0, 0.1) is 0 Å². The Balaban J connectivity index is 2.33. The van der Waals surface area contributed by atoms with E-state index in [1.54, 1.807) is 11.9 Å². The summed E-state index contributed by atoms with van der Waals surface area (Å²) in [4.78, 5) is 13.1. The van der Waals surface area contributed by atoms with E-state index in [0.29, 0.717) is 13.1 Å². The summed E-state index contributed by atoms with van der Waals surface area (Å²) >= 11 is 0. The van der Waals surface area contributed by atoms with Crippen molar-refractivity contribution < 1.29 is 4.79 Å². The van der Waals surface area contributed by atoms with Crippen molar-refractivity contribution in [2.24, 2.45) is 0 Å². The molecule has 0 spiro atoms. The van der Waals surface area contributed by atoms with E-state index in [4.69, 9.17) is 5.73 Å². The quantitative estimate of drug-likeness (QED) is 0.697. The van der Waals surface area contributed by atoms with Crippen molar-refractivity contribution in [3.8, 4) is 0 Å². The zero-order valence-electron chi connectivity index (χ0n) is 9.66. The van der Waals surface area contributed by atoms with Crippen LogP contribution < -0.4 is 11.1 Å². The Kier molecular flexibility index (Phi) is 2.50. The second-order valence-corrected chi connectivity index (χ2v) is 4.66. The molecule has 0 bridgehead atoms. The summed E-state index contributed by atoms with van der Waals surface area (Å²) in [5.41, 5.74) is 7.75. The van der Waals surface area contributed by atoms with Gasteiger partial charge in [0.2, 0.25) is 0 Å². The fourth-order valence-electron chi connectivity index (χ4n) is 2.28. The lowest BCUT2D eigenvalue weighted by Gasteiger charge is -2.39. The first-order valence-electron chi connectivity index (χ1n) is 5.37. The lowest BCUT2D eigenvalue weighted by Crippen LogP contribution is -2.56. The predicted molar refractivity (Wildman–Crippen MR) is 64.2 cm³/mol. The summed E-state index contributed by atoms with van der Waals surface area (Å²) in [6.45, 7) is 3.44. The number of anilines is 1. The molecule has 0 saturated carbocycles. The zero-order chi connectivity index (χ0) is 11.8. The van der Waals surface area contributed by atoms with Crippen molar-refractivity contribution in [1.29, 1.82) is 0 Å². The van der Waals surface area contributed by atoms with Crippen molar-refractivity contribution in [3.63, 3.8) is 0 Å². The number of urea groups is 1. The molecule has 2 rings (SSSR count). The summed E-state index contributed by atoms with van der Waals surface area (Å²) in [7, 11) is 1.80. The summed E-state index contributed by atoms with van der Waals surface area (Å²) in [5.74, 6) is 0. The van der Waals surface area contributed by atoms with Crippen LogP contribution in [0.5, 0.6) is 0 Å². The fraction of sp³-hybridized carbons (Fsp3) is 0.417. The number of hydrogen-bond donors (Lipinski definition) is 2. The number of hydrogen-bond acceptors (Lipinski definition) is 2. The third kappa shape index (κ3) is 1.71. The van der Waals surface area contributed by atoms with Gasteiger partial charge in [0.25, 0.3) is 0 Å². The molecule has 1 fully saturated rings. The van der Waals surface area contributed by atoms with E-state index >= 15 is 0 Å². The van der Waals surface area contributed by atoms with Crippen LogP contribution in [0.1, 0.15) is 12.5 Å². The van der Waals surface area contributed by atoms with Crippen LogP contribution in [0.3, 0.4) is 0 Å². The molecule has 0 aromatic heterocycles. The highest BCUT2D eigenvalue weighted by atomic mass is 16.2. The number of nitrogen functional groups attached to an aromatic ring is 1. The molecule has 1 aliphatic heterocycles. The van der Waals surface area contributed by atoms with Crippen LogP contribution in [0.2, 0.25) is 0 Å². The number of nitrogens with two attached hydrogens (primary N) is 1. The van der Waals surface area contributed by atoms with Gasteiger partial charge in [0, 0.05) is 31.2 Å². The highest BCUT2D eigenvalue weighted by Crippen LogP contribution is 2.30. The second-order valence-electron chi connectivity index (χ2n) is 4.66. The first-order valence-corrected chi connectivity index (χ1v) is 5.37. The van der Waals surface area contributed by atoms with Crippen molar-refractivity contribution >= 4 is 11.7 Å². The van der Waals surface area contributed by atoms with Gasteiger partial charge in [-0.2, -0.15) is 0 Å². The number of para-hydroxylation sites is 1. The minimum absolute atomic E-state index is 0.0213. The van der Waals surface area contributed by atoms with Crippen molar-refractivity contribution in [3.05, 3.63) is 29.8 Å². The number of benzene rings is 1.